The highest BCUT2D eigenvalue weighted by molar-refractivity contribution is 5.90. The molecule has 0 radical (unpaired) electrons. The van der Waals surface area contributed by atoms with Crippen LogP contribution in [0.25, 0.3) is 0 Å². The van der Waals surface area contributed by atoms with Crippen molar-refractivity contribution in [2.75, 3.05) is 13.2 Å². The fourth-order valence-corrected chi connectivity index (χ4v) is 5.23. The molecule has 2 aliphatic rings. The summed E-state index contributed by atoms with van der Waals surface area (Å²) in [6.45, 7) is 12.8. The quantitative estimate of drug-likeness (QED) is 0.295. The second kappa shape index (κ2) is 12.2. The second-order valence-electron chi connectivity index (χ2n) is 9.61. The molecule has 0 aromatic heterocycles. The normalized spacial score (nSPS) is 25.8. The highest BCUT2D eigenvalue weighted by atomic mass is 16.5. The van der Waals surface area contributed by atoms with Gasteiger partial charge in [0, 0.05) is 0 Å². The molecule has 4 nitrogen and oxygen atoms in total. The van der Waals surface area contributed by atoms with Gasteiger partial charge in [-0.25, -0.2) is 4.79 Å². The van der Waals surface area contributed by atoms with E-state index >= 15 is 0 Å². The molecule has 1 aromatic carbocycles. The van der Waals surface area contributed by atoms with Gasteiger partial charge in [-0.15, -0.1) is 6.58 Å². The zero-order chi connectivity index (χ0) is 22.9. The first-order chi connectivity index (χ1) is 15.5. The smallest absolute Gasteiger partial charge is 0.338 e. The molecule has 3 rings (SSSR count). The first-order valence-corrected chi connectivity index (χ1v) is 12.3. The van der Waals surface area contributed by atoms with Crippen molar-refractivity contribution in [2.45, 2.75) is 83.3 Å². The van der Waals surface area contributed by atoms with Crippen LogP contribution in [0.4, 0.5) is 0 Å². The average molecular weight is 441 g/mol. The van der Waals surface area contributed by atoms with Crippen molar-refractivity contribution < 1.29 is 19.0 Å². The third kappa shape index (κ3) is 6.71. The van der Waals surface area contributed by atoms with Gasteiger partial charge in [-0.05, 0) is 92.9 Å². The molecule has 2 fully saturated rings. The number of benzene rings is 1. The Morgan fingerprint density at radius 1 is 0.938 bits per heavy atom. The van der Waals surface area contributed by atoms with Gasteiger partial charge in [0.25, 0.3) is 0 Å². The topological polar surface area (TPSA) is 44.8 Å². The molecular formula is C28H40O4. The Labute approximate surface area is 194 Å². The molecule has 2 aliphatic carbocycles. The van der Waals surface area contributed by atoms with Gasteiger partial charge in [0.15, 0.2) is 0 Å². The Balaban J connectivity index is 1.48. The van der Waals surface area contributed by atoms with Crippen LogP contribution in [0.2, 0.25) is 0 Å². The third-order valence-corrected chi connectivity index (χ3v) is 7.05. The Morgan fingerprint density at radius 2 is 1.53 bits per heavy atom. The first-order valence-electron chi connectivity index (χ1n) is 12.3. The van der Waals surface area contributed by atoms with Gasteiger partial charge in [-0.1, -0.05) is 32.6 Å². The van der Waals surface area contributed by atoms with Crippen molar-refractivity contribution >= 4 is 5.97 Å². The summed E-state index contributed by atoms with van der Waals surface area (Å²) in [4.78, 5) is 12.8. The molecular weight excluding hydrogens is 400 g/mol. The number of carbonyl (C=O) groups excluding carboxylic acids is 1. The van der Waals surface area contributed by atoms with Gasteiger partial charge >= 0.3 is 5.97 Å². The zero-order valence-electron chi connectivity index (χ0n) is 19.9. The Morgan fingerprint density at radius 3 is 2.09 bits per heavy atom. The molecule has 0 unspecified atom stereocenters. The minimum atomic E-state index is -0.217. The van der Waals surface area contributed by atoms with Crippen LogP contribution in [0.1, 0.15) is 87.1 Å². The number of rotatable bonds is 10. The lowest BCUT2D eigenvalue weighted by Crippen LogP contribution is -2.31. The summed E-state index contributed by atoms with van der Waals surface area (Å²) < 4.78 is 17.5. The summed E-state index contributed by atoms with van der Waals surface area (Å²) in [5, 5.41) is 0. The van der Waals surface area contributed by atoms with Gasteiger partial charge in [0.05, 0.1) is 18.3 Å². The number of hydrogen-bond donors (Lipinski definition) is 0. The van der Waals surface area contributed by atoms with Crippen molar-refractivity contribution in [2.24, 2.45) is 11.8 Å². The first kappa shape index (κ1) is 24.6. The van der Waals surface area contributed by atoms with E-state index in [1.165, 1.54) is 12.8 Å². The molecule has 0 amide bonds. The van der Waals surface area contributed by atoms with Gasteiger partial charge in [-0.2, -0.15) is 0 Å². The number of ether oxygens (including phenoxy) is 3. The molecule has 0 N–H and O–H groups in total. The Kier molecular flexibility index (Phi) is 9.40. The van der Waals surface area contributed by atoms with Crippen LogP contribution < -0.4 is 4.74 Å². The second-order valence-corrected chi connectivity index (χ2v) is 9.61. The molecule has 32 heavy (non-hydrogen) atoms. The standard InChI is InChI=1S/C28H40O4/c1-5-17-30-24-12-7-21(8-13-24)22-9-14-25(15-10-22)32-28(29)23-11-16-27(31-18-6-2)26(19-23)20(3)4/h5-6,11,16,19-22,24-25H,1-2,7-10,12-15,17-18H2,3-4H3. The summed E-state index contributed by atoms with van der Waals surface area (Å²) in [5.41, 5.74) is 1.64. The minimum Gasteiger partial charge on any atom is -0.489 e. The van der Waals surface area contributed by atoms with Crippen molar-refractivity contribution in [1.29, 1.82) is 0 Å². The van der Waals surface area contributed by atoms with Crippen LogP contribution >= 0.6 is 0 Å². The number of carbonyl (C=O) groups is 1. The van der Waals surface area contributed by atoms with E-state index in [9.17, 15) is 4.79 Å². The van der Waals surface area contributed by atoms with E-state index in [4.69, 9.17) is 14.2 Å². The van der Waals surface area contributed by atoms with E-state index in [1.54, 1.807) is 6.08 Å². The van der Waals surface area contributed by atoms with E-state index in [0.717, 1.165) is 61.7 Å². The van der Waals surface area contributed by atoms with Crippen LogP contribution in [0.3, 0.4) is 0 Å². The molecule has 0 heterocycles. The molecule has 1 aromatic rings. The molecule has 0 aliphatic heterocycles. The Bertz CT molecular complexity index is 753. The molecule has 4 heteroatoms. The van der Waals surface area contributed by atoms with Crippen molar-refractivity contribution in [3.63, 3.8) is 0 Å². The highest BCUT2D eigenvalue weighted by Crippen LogP contribution is 2.39. The van der Waals surface area contributed by atoms with Crippen LogP contribution in [-0.4, -0.2) is 31.4 Å². The predicted octanol–water partition coefficient (Wildman–Crippen LogP) is 6.85. The Hall–Kier alpha value is -2.07. The van der Waals surface area contributed by atoms with E-state index in [0.29, 0.717) is 24.9 Å². The third-order valence-electron chi connectivity index (χ3n) is 7.05. The average Bonchev–Trinajstić information content (AvgIpc) is 2.82. The summed E-state index contributed by atoms with van der Waals surface area (Å²) >= 11 is 0. The lowest BCUT2D eigenvalue weighted by molar-refractivity contribution is 0.000885. The minimum absolute atomic E-state index is 0.0326. The molecule has 0 saturated heterocycles. The van der Waals surface area contributed by atoms with Gasteiger partial charge in [0.2, 0.25) is 0 Å². The van der Waals surface area contributed by atoms with Crippen LogP contribution in [0, 0.1) is 11.8 Å². The molecule has 176 valence electrons. The maximum atomic E-state index is 12.8. The fourth-order valence-electron chi connectivity index (χ4n) is 5.23. The molecule has 0 bridgehead atoms. The lowest BCUT2D eigenvalue weighted by Gasteiger charge is -2.37. The van der Waals surface area contributed by atoms with Gasteiger partial charge in [0.1, 0.15) is 18.5 Å². The van der Waals surface area contributed by atoms with E-state index < -0.39 is 0 Å². The largest absolute Gasteiger partial charge is 0.489 e. The van der Waals surface area contributed by atoms with Gasteiger partial charge < -0.3 is 14.2 Å². The number of hydrogen-bond acceptors (Lipinski definition) is 4. The van der Waals surface area contributed by atoms with Crippen LogP contribution in [0.5, 0.6) is 5.75 Å². The van der Waals surface area contributed by atoms with Crippen molar-refractivity contribution in [3.05, 3.63) is 54.6 Å². The van der Waals surface area contributed by atoms with Crippen molar-refractivity contribution in [3.8, 4) is 5.75 Å². The number of esters is 1. The predicted molar refractivity (Wildman–Crippen MR) is 129 cm³/mol. The van der Waals surface area contributed by atoms with E-state index in [-0.39, 0.29) is 18.0 Å². The maximum Gasteiger partial charge on any atom is 0.338 e. The SMILES string of the molecule is C=CCOc1ccc(C(=O)OC2CCC(C3CCC(OCC=C)CC3)CC2)cc1C(C)C. The summed E-state index contributed by atoms with van der Waals surface area (Å²) in [6.07, 6.45) is 13.1. The molecule has 0 spiro atoms. The van der Waals surface area contributed by atoms with Crippen LogP contribution in [0.15, 0.2) is 43.5 Å². The highest BCUT2D eigenvalue weighted by Gasteiger charge is 2.32. The maximum absolute atomic E-state index is 12.8. The summed E-state index contributed by atoms with van der Waals surface area (Å²) in [7, 11) is 0. The van der Waals surface area contributed by atoms with Crippen LogP contribution in [-0.2, 0) is 9.47 Å². The monoisotopic (exact) mass is 440 g/mol. The molecule has 2 saturated carbocycles. The summed E-state index contributed by atoms with van der Waals surface area (Å²) in [5.74, 6) is 2.41. The fraction of sp³-hybridized carbons (Fsp3) is 0.607. The lowest BCUT2D eigenvalue weighted by atomic mass is 9.72. The van der Waals surface area contributed by atoms with Crippen molar-refractivity contribution in [1.82, 2.24) is 0 Å². The van der Waals surface area contributed by atoms with Gasteiger partial charge in [-0.3, -0.25) is 0 Å². The summed E-state index contributed by atoms with van der Waals surface area (Å²) in [6, 6.07) is 5.61. The molecule has 0 atom stereocenters. The van der Waals surface area contributed by atoms with E-state index in [2.05, 4.69) is 27.0 Å². The van der Waals surface area contributed by atoms with E-state index in [1.807, 2.05) is 24.3 Å². The zero-order valence-corrected chi connectivity index (χ0v) is 19.9.